The minimum Gasteiger partial charge on any atom is -0.261 e. The first kappa shape index (κ1) is 13.6. The van der Waals surface area contributed by atoms with Gasteiger partial charge in [-0.15, -0.1) is 0 Å². The lowest BCUT2D eigenvalue weighted by Crippen LogP contribution is -2.00. The number of hydrogen-bond acceptors (Lipinski definition) is 3. The topological polar surface area (TPSA) is 37.3 Å². The van der Waals surface area contributed by atoms with Crippen LogP contribution < -0.4 is 5.43 Å². The Morgan fingerprint density at radius 2 is 1.76 bits per heavy atom. The highest BCUT2D eigenvalue weighted by Crippen LogP contribution is 2.15. The first-order valence-corrected chi connectivity index (χ1v) is 7.02. The highest BCUT2D eigenvalue weighted by Gasteiger charge is 1.99. The van der Waals surface area contributed by atoms with Crippen LogP contribution in [0.25, 0.3) is 10.9 Å². The molecule has 104 valence electrons. The van der Waals surface area contributed by atoms with Gasteiger partial charge in [-0.05, 0) is 42.8 Å². The second-order valence-electron chi connectivity index (χ2n) is 4.71. The number of rotatable bonds is 3. The number of benzene rings is 2. The first-order valence-electron chi connectivity index (χ1n) is 6.64. The number of halogens is 1. The molecule has 3 aromatic rings. The van der Waals surface area contributed by atoms with E-state index in [2.05, 4.69) is 15.5 Å². The maximum absolute atomic E-state index is 5.88. The molecular formula is C17H14ClN3. The van der Waals surface area contributed by atoms with Gasteiger partial charge in [0.05, 0.1) is 11.2 Å². The summed E-state index contributed by atoms with van der Waals surface area (Å²) in [4.78, 5) is 4.52. The van der Waals surface area contributed by atoms with Gasteiger partial charge in [-0.1, -0.05) is 41.9 Å². The monoisotopic (exact) mass is 295 g/mol. The number of nitrogens with one attached hydrogen (secondary N) is 1. The summed E-state index contributed by atoms with van der Waals surface area (Å²) in [5.41, 5.74) is 5.84. The van der Waals surface area contributed by atoms with Gasteiger partial charge in [0, 0.05) is 10.4 Å². The predicted molar refractivity (Wildman–Crippen MR) is 89.0 cm³/mol. The fourth-order valence-electron chi connectivity index (χ4n) is 2.03. The van der Waals surface area contributed by atoms with E-state index >= 15 is 0 Å². The lowest BCUT2D eigenvalue weighted by atomic mass is 10.1. The number of hydrazone groups is 1. The van der Waals surface area contributed by atoms with E-state index in [-0.39, 0.29) is 0 Å². The van der Waals surface area contributed by atoms with Crippen molar-refractivity contribution >= 4 is 34.0 Å². The average molecular weight is 296 g/mol. The van der Waals surface area contributed by atoms with E-state index in [1.165, 1.54) is 0 Å². The molecule has 3 rings (SSSR count). The molecule has 0 bridgehead atoms. The fourth-order valence-corrected chi connectivity index (χ4v) is 2.15. The summed E-state index contributed by atoms with van der Waals surface area (Å²) in [5, 5.41) is 6.19. The Bertz CT molecular complexity index is 794. The van der Waals surface area contributed by atoms with Crippen molar-refractivity contribution in [3.05, 3.63) is 71.2 Å². The summed E-state index contributed by atoms with van der Waals surface area (Å²) in [6.07, 6.45) is 0. The van der Waals surface area contributed by atoms with Crippen LogP contribution in [0.2, 0.25) is 5.02 Å². The Morgan fingerprint density at radius 3 is 2.57 bits per heavy atom. The quantitative estimate of drug-likeness (QED) is 0.560. The predicted octanol–water partition coefficient (Wildman–Crippen LogP) is 4.72. The van der Waals surface area contributed by atoms with Crippen molar-refractivity contribution in [1.29, 1.82) is 0 Å². The van der Waals surface area contributed by atoms with Crippen molar-refractivity contribution in [1.82, 2.24) is 4.98 Å². The third-order valence-electron chi connectivity index (χ3n) is 3.20. The molecular weight excluding hydrogens is 282 g/mol. The van der Waals surface area contributed by atoms with Gasteiger partial charge in [-0.3, -0.25) is 5.43 Å². The summed E-state index contributed by atoms with van der Waals surface area (Å²) >= 11 is 5.88. The second-order valence-corrected chi connectivity index (χ2v) is 5.14. The Labute approximate surface area is 128 Å². The van der Waals surface area contributed by atoms with Gasteiger partial charge in [-0.2, -0.15) is 5.10 Å². The van der Waals surface area contributed by atoms with Crippen molar-refractivity contribution in [2.45, 2.75) is 6.92 Å². The molecule has 0 saturated heterocycles. The van der Waals surface area contributed by atoms with E-state index in [1.807, 2.05) is 67.6 Å². The minimum atomic E-state index is 0.718. The minimum absolute atomic E-state index is 0.718. The van der Waals surface area contributed by atoms with Crippen LogP contribution in [0.5, 0.6) is 0 Å². The van der Waals surface area contributed by atoms with Crippen LogP contribution in [0, 0.1) is 0 Å². The Morgan fingerprint density at radius 1 is 1.00 bits per heavy atom. The van der Waals surface area contributed by atoms with E-state index in [9.17, 15) is 0 Å². The van der Waals surface area contributed by atoms with Gasteiger partial charge < -0.3 is 0 Å². The van der Waals surface area contributed by atoms with Crippen LogP contribution in [0.3, 0.4) is 0 Å². The number of fused-ring (bicyclic) bond motifs is 1. The molecule has 4 heteroatoms. The van der Waals surface area contributed by atoms with Gasteiger partial charge in [0.15, 0.2) is 0 Å². The molecule has 0 aliphatic heterocycles. The molecule has 0 fully saturated rings. The highest BCUT2D eigenvalue weighted by molar-refractivity contribution is 6.30. The molecule has 0 amide bonds. The largest absolute Gasteiger partial charge is 0.261 e. The van der Waals surface area contributed by atoms with Crippen LogP contribution >= 0.6 is 11.6 Å². The zero-order valence-corrected chi connectivity index (χ0v) is 12.3. The van der Waals surface area contributed by atoms with Gasteiger partial charge in [0.2, 0.25) is 0 Å². The molecule has 21 heavy (non-hydrogen) atoms. The summed E-state index contributed by atoms with van der Waals surface area (Å²) in [5.74, 6) is 0.724. The van der Waals surface area contributed by atoms with Crippen LogP contribution in [0.4, 0.5) is 5.82 Å². The summed E-state index contributed by atoms with van der Waals surface area (Å²) in [7, 11) is 0. The number of nitrogens with zero attached hydrogens (tertiary/aromatic N) is 2. The lowest BCUT2D eigenvalue weighted by molar-refractivity contribution is 1.25. The van der Waals surface area contributed by atoms with Gasteiger partial charge >= 0.3 is 0 Å². The van der Waals surface area contributed by atoms with E-state index < -0.39 is 0 Å². The smallest absolute Gasteiger partial charge is 0.146 e. The van der Waals surface area contributed by atoms with Crippen LogP contribution in [-0.2, 0) is 0 Å². The van der Waals surface area contributed by atoms with Crippen molar-refractivity contribution in [2.24, 2.45) is 5.10 Å². The summed E-state index contributed by atoms with van der Waals surface area (Å²) in [6.45, 7) is 1.94. The number of aromatic nitrogens is 1. The van der Waals surface area contributed by atoms with Gasteiger partial charge in [0.25, 0.3) is 0 Å². The summed E-state index contributed by atoms with van der Waals surface area (Å²) < 4.78 is 0. The van der Waals surface area contributed by atoms with Crippen LogP contribution in [0.15, 0.2) is 65.8 Å². The highest BCUT2D eigenvalue weighted by atomic mass is 35.5. The molecule has 0 aliphatic carbocycles. The average Bonchev–Trinajstić information content (AvgIpc) is 2.53. The zero-order valence-electron chi connectivity index (χ0n) is 11.5. The molecule has 0 atom stereocenters. The fraction of sp³-hybridized carbons (Fsp3) is 0.0588. The summed E-state index contributed by atoms with van der Waals surface area (Å²) in [6, 6.07) is 19.5. The molecule has 0 saturated carbocycles. The molecule has 0 aliphatic rings. The van der Waals surface area contributed by atoms with Gasteiger partial charge in [0.1, 0.15) is 5.82 Å². The van der Waals surface area contributed by atoms with E-state index in [0.717, 1.165) is 33.0 Å². The molecule has 2 aromatic carbocycles. The van der Waals surface area contributed by atoms with Crippen molar-refractivity contribution in [3.63, 3.8) is 0 Å². The van der Waals surface area contributed by atoms with Crippen molar-refractivity contribution < 1.29 is 0 Å². The SMILES string of the molecule is C/C(=N/Nc1ccc2ccccc2n1)c1ccc(Cl)cc1. The molecule has 1 heterocycles. The maximum Gasteiger partial charge on any atom is 0.146 e. The van der Waals surface area contributed by atoms with E-state index in [4.69, 9.17) is 11.6 Å². The third kappa shape index (κ3) is 3.20. The molecule has 0 unspecified atom stereocenters. The molecule has 0 radical (unpaired) electrons. The number of anilines is 1. The number of pyridine rings is 1. The second kappa shape index (κ2) is 5.94. The standard InChI is InChI=1S/C17H14ClN3/c1-12(13-6-9-15(18)10-7-13)20-21-17-11-8-14-4-2-3-5-16(14)19-17/h2-11H,1H3,(H,19,21)/b20-12-. The Kier molecular flexibility index (Phi) is 3.84. The van der Waals surface area contributed by atoms with Crippen LogP contribution in [-0.4, -0.2) is 10.7 Å². The normalized spacial score (nSPS) is 11.6. The Balaban J connectivity index is 1.81. The molecule has 3 nitrogen and oxygen atoms in total. The first-order chi connectivity index (χ1) is 10.2. The Hall–Kier alpha value is -2.39. The van der Waals surface area contributed by atoms with E-state index in [0.29, 0.717) is 0 Å². The lowest BCUT2D eigenvalue weighted by Gasteiger charge is -2.04. The maximum atomic E-state index is 5.88. The van der Waals surface area contributed by atoms with Crippen molar-refractivity contribution in [2.75, 3.05) is 5.43 Å². The van der Waals surface area contributed by atoms with Crippen LogP contribution in [0.1, 0.15) is 12.5 Å². The van der Waals surface area contributed by atoms with E-state index in [1.54, 1.807) is 0 Å². The molecule has 1 aromatic heterocycles. The van der Waals surface area contributed by atoms with Gasteiger partial charge in [-0.25, -0.2) is 4.98 Å². The van der Waals surface area contributed by atoms with Crippen molar-refractivity contribution in [3.8, 4) is 0 Å². The number of hydrogen-bond donors (Lipinski definition) is 1. The molecule has 0 spiro atoms. The zero-order chi connectivity index (χ0) is 14.7. The molecule has 1 N–H and O–H groups in total. The number of para-hydroxylation sites is 1. The third-order valence-corrected chi connectivity index (χ3v) is 3.45.